The van der Waals surface area contributed by atoms with Gasteiger partial charge in [0.25, 0.3) is 0 Å². The maximum atomic E-state index is 6.55. The van der Waals surface area contributed by atoms with Crippen molar-refractivity contribution >= 4 is 39.1 Å². The molecule has 0 saturated heterocycles. The average molecular weight is 374 g/mol. The summed E-state index contributed by atoms with van der Waals surface area (Å²) >= 11 is 16.1. The van der Waals surface area contributed by atoms with Gasteiger partial charge in [0.15, 0.2) is 0 Å². The molecule has 0 aliphatic carbocycles. The van der Waals surface area contributed by atoms with E-state index in [0.717, 1.165) is 28.6 Å². The van der Waals surface area contributed by atoms with Crippen LogP contribution in [0.2, 0.25) is 5.02 Å². The molecular weight excluding hydrogens is 359 g/mol. The second kappa shape index (κ2) is 7.46. The number of benzene rings is 2. The first kappa shape index (κ1) is 15.8. The Morgan fingerprint density at radius 1 is 1.15 bits per heavy atom. The van der Waals surface area contributed by atoms with Gasteiger partial charge < -0.3 is 4.74 Å². The molecule has 106 valence electrons. The number of halogens is 3. The van der Waals surface area contributed by atoms with E-state index in [1.54, 1.807) is 7.11 Å². The Bertz CT molecular complexity index is 569. The van der Waals surface area contributed by atoms with Crippen LogP contribution < -0.4 is 0 Å². The summed E-state index contributed by atoms with van der Waals surface area (Å²) in [7, 11) is 1.71. The summed E-state index contributed by atoms with van der Waals surface area (Å²) in [6.07, 6.45) is 0.907. The lowest BCUT2D eigenvalue weighted by molar-refractivity contribution is 0.202. The van der Waals surface area contributed by atoms with Crippen molar-refractivity contribution in [3.8, 4) is 0 Å². The van der Waals surface area contributed by atoms with Crippen LogP contribution in [0.25, 0.3) is 0 Å². The Kier molecular flexibility index (Phi) is 5.91. The lowest BCUT2D eigenvalue weighted by Crippen LogP contribution is -1.97. The van der Waals surface area contributed by atoms with Gasteiger partial charge in [-0.05, 0) is 41.3 Å². The maximum Gasteiger partial charge on any atom is 0.0846 e. The van der Waals surface area contributed by atoms with Crippen molar-refractivity contribution in [2.75, 3.05) is 13.7 Å². The largest absolute Gasteiger partial charge is 0.384 e. The molecule has 0 N–H and O–H groups in total. The van der Waals surface area contributed by atoms with Crippen LogP contribution in [-0.4, -0.2) is 13.7 Å². The molecule has 0 heterocycles. The fourth-order valence-electron chi connectivity index (χ4n) is 1.96. The number of rotatable bonds is 5. The fraction of sp³-hybridized carbons (Fsp3) is 0.250. The van der Waals surface area contributed by atoms with Crippen molar-refractivity contribution < 1.29 is 4.74 Å². The molecule has 0 radical (unpaired) electrons. The van der Waals surface area contributed by atoms with Crippen LogP contribution in [0, 0.1) is 0 Å². The van der Waals surface area contributed by atoms with Crippen molar-refractivity contribution in [2.24, 2.45) is 0 Å². The van der Waals surface area contributed by atoms with Gasteiger partial charge in [-0.3, -0.25) is 0 Å². The van der Waals surface area contributed by atoms with Gasteiger partial charge in [0.2, 0.25) is 0 Å². The van der Waals surface area contributed by atoms with Crippen LogP contribution in [0.1, 0.15) is 22.1 Å². The molecule has 1 atom stereocenters. The lowest BCUT2D eigenvalue weighted by atomic mass is 10.0. The van der Waals surface area contributed by atoms with Gasteiger partial charge in [-0.25, -0.2) is 0 Å². The van der Waals surface area contributed by atoms with E-state index < -0.39 is 0 Å². The van der Waals surface area contributed by atoms with Gasteiger partial charge in [-0.15, -0.1) is 11.6 Å². The molecule has 0 aliphatic heterocycles. The zero-order valence-electron chi connectivity index (χ0n) is 11.1. The monoisotopic (exact) mass is 372 g/mol. The summed E-state index contributed by atoms with van der Waals surface area (Å²) in [5, 5.41) is 0.463. The first-order valence-corrected chi connectivity index (χ1v) is 7.89. The smallest absolute Gasteiger partial charge is 0.0846 e. The van der Waals surface area contributed by atoms with E-state index in [9.17, 15) is 0 Å². The zero-order chi connectivity index (χ0) is 14.5. The zero-order valence-corrected chi connectivity index (χ0v) is 14.2. The number of alkyl halides is 1. The highest BCUT2D eigenvalue weighted by Gasteiger charge is 2.14. The molecule has 20 heavy (non-hydrogen) atoms. The quantitative estimate of drug-likeness (QED) is 0.618. The molecule has 0 aromatic heterocycles. The van der Waals surface area contributed by atoms with Crippen LogP contribution in [0.5, 0.6) is 0 Å². The second-order valence-electron chi connectivity index (χ2n) is 4.51. The first-order valence-electron chi connectivity index (χ1n) is 6.28. The molecule has 0 saturated carbocycles. The Morgan fingerprint density at radius 3 is 2.50 bits per heavy atom. The van der Waals surface area contributed by atoms with Gasteiger partial charge in [0.1, 0.15) is 0 Å². The van der Waals surface area contributed by atoms with Gasteiger partial charge in [0.05, 0.1) is 12.0 Å². The molecule has 2 aromatic rings. The van der Waals surface area contributed by atoms with Crippen molar-refractivity contribution in [2.45, 2.75) is 11.8 Å². The summed E-state index contributed by atoms with van der Waals surface area (Å²) < 4.78 is 6.04. The molecule has 0 aliphatic rings. The summed E-state index contributed by atoms with van der Waals surface area (Å²) in [6.45, 7) is 0.726. The summed E-state index contributed by atoms with van der Waals surface area (Å²) in [4.78, 5) is 0. The van der Waals surface area contributed by atoms with E-state index in [1.807, 2.05) is 18.2 Å². The van der Waals surface area contributed by atoms with Crippen LogP contribution >= 0.6 is 39.1 Å². The Balaban J connectivity index is 2.20. The second-order valence-corrected chi connectivity index (χ2v) is 6.24. The summed E-state index contributed by atoms with van der Waals surface area (Å²) in [5.74, 6) is 0. The molecule has 0 bridgehead atoms. The number of methoxy groups -OCH3 is 1. The van der Waals surface area contributed by atoms with Gasteiger partial charge in [-0.1, -0.05) is 51.8 Å². The molecule has 4 heteroatoms. The van der Waals surface area contributed by atoms with Crippen LogP contribution in [0.3, 0.4) is 0 Å². The first-order chi connectivity index (χ1) is 9.61. The topological polar surface area (TPSA) is 9.23 Å². The molecule has 0 amide bonds. The van der Waals surface area contributed by atoms with Crippen molar-refractivity contribution in [1.82, 2.24) is 0 Å². The Labute approximate surface area is 138 Å². The van der Waals surface area contributed by atoms with E-state index in [-0.39, 0.29) is 5.38 Å². The van der Waals surface area contributed by atoms with Gasteiger partial charge in [-0.2, -0.15) is 0 Å². The average Bonchev–Trinajstić information content (AvgIpc) is 2.47. The Morgan fingerprint density at radius 2 is 1.85 bits per heavy atom. The SMILES string of the molecule is COCCc1ccc(C(Cl)c2cc(Cl)ccc2Br)cc1. The van der Waals surface area contributed by atoms with E-state index in [1.165, 1.54) is 5.56 Å². The van der Waals surface area contributed by atoms with Gasteiger partial charge in [0, 0.05) is 16.6 Å². The normalized spacial score (nSPS) is 12.4. The summed E-state index contributed by atoms with van der Waals surface area (Å²) in [6, 6.07) is 13.9. The third kappa shape index (κ3) is 3.98. The van der Waals surface area contributed by atoms with Crippen LogP contribution in [0.15, 0.2) is 46.9 Å². The lowest BCUT2D eigenvalue weighted by Gasteiger charge is -2.13. The van der Waals surface area contributed by atoms with E-state index in [0.29, 0.717) is 5.02 Å². The minimum atomic E-state index is -0.223. The maximum absolute atomic E-state index is 6.55. The third-order valence-corrected chi connectivity index (χ3v) is 4.54. The number of ether oxygens (including phenoxy) is 1. The molecule has 1 unspecified atom stereocenters. The molecule has 0 spiro atoms. The van der Waals surface area contributed by atoms with E-state index in [4.69, 9.17) is 27.9 Å². The minimum Gasteiger partial charge on any atom is -0.384 e. The fourth-order valence-corrected chi connectivity index (χ4v) is 3.08. The van der Waals surface area contributed by atoms with E-state index >= 15 is 0 Å². The van der Waals surface area contributed by atoms with Crippen LogP contribution in [-0.2, 0) is 11.2 Å². The molecule has 2 rings (SSSR count). The van der Waals surface area contributed by atoms with Gasteiger partial charge >= 0.3 is 0 Å². The third-order valence-electron chi connectivity index (χ3n) is 3.10. The standard InChI is InChI=1S/C16H15BrCl2O/c1-20-9-8-11-2-4-12(5-3-11)16(19)14-10-13(18)6-7-15(14)17/h2-7,10,16H,8-9H2,1H3. The molecule has 2 aromatic carbocycles. The van der Waals surface area contributed by atoms with Crippen molar-refractivity contribution in [3.05, 3.63) is 68.7 Å². The molecule has 0 fully saturated rings. The Hall–Kier alpha value is -0.540. The summed E-state index contributed by atoms with van der Waals surface area (Å²) in [5.41, 5.74) is 3.27. The highest BCUT2D eigenvalue weighted by Crippen LogP contribution is 2.35. The highest BCUT2D eigenvalue weighted by molar-refractivity contribution is 9.10. The predicted molar refractivity (Wildman–Crippen MR) is 88.9 cm³/mol. The number of hydrogen-bond donors (Lipinski definition) is 0. The molecule has 1 nitrogen and oxygen atoms in total. The molecular formula is C16H15BrCl2O. The van der Waals surface area contributed by atoms with E-state index in [2.05, 4.69) is 40.2 Å². The van der Waals surface area contributed by atoms with Crippen molar-refractivity contribution in [3.63, 3.8) is 0 Å². The van der Waals surface area contributed by atoms with Crippen LogP contribution in [0.4, 0.5) is 0 Å². The number of hydrogen-bond acceptors (Lipinski definition) is 1. The minimum absolute atomic E-state index is 0.223. The highest BCUT2D eigenvalue weighted by atomic mass is 79.9. The van der Waals surface area contributed by atoms with Crippen molar-refractivity contribution in [1.29, 1.82) is 0 Å². The predicted octanol–water partition coefficient (Wildman–Crippen LogP) is 5.62.